The van der Waals surface area contributed by atoms with Crippen LogP contribution in [0.25, 0.3) is 72.1 Å². The molecule has 2 aliphatic carbocycles. The van der Waals surface area contributed by atoms with Crippen LogP contribution in [0.1, 0.15) is 182 Å². The molecule has 0 atom stereocenters. The third kappa shape index (κ3) is 11.2. The van der Waals surface area contributed by atoms with Gasteiger partial charge >= 0.3 is 0 Å². The molecule has 0 saturated carbocycles. The number of anilines is 4. The molecule has 482 valence electrons. The van der Waals surface area contributed by atoms with Crippen LogP contribution >= 0.6 is 0 Å². The fourth-order valence-corrected chi connectivity index (χ4v) is 15.5. The molecule has 9 aromatic carbocycles. The van der Waals surface area contributed by atoms with E-state index in [1.54, 1.807) is 0 Å². The average Bonchev–Trinajstić information content (AvgIpc) is 0.887. The minimum absolute atomic E-state index is 0. The van der Waals surface area contributed by atoms with Gasteiger partial charge in [-0.25, -0.2) is 4.98 Å². The quantitative estimate of drug-likeness (QED) is 0.135. The predicted molar refractivity (Wildman–Crippen MR) is 393 cm³/mol. The van der Waals surface area contributed by atoms with Gasteiger partial charge in [0.15, 0.2) is 0 Å². The number of pyridine rings is 1. The summed E-state index contributed by atoms with van der Waals surface area (Å²) in [5.41, 5.74) is 25.3. The maximum absolute atomic E-state index is 7.05. The Labute approximate surface area is 574 Å². The van der Waals surface area contributed by atoms with E-state index < -0.39 is 0 Å². The van der Waals surface area contributed by atoms with Gasteiger partial charge in [-0.1, -0.05) is 251 Å². The molecule has 94 heavy (non-hydrogen) atoms. The molecule has 0 amide bonds. The van der Waals surface area contributed by atoms with Crippen LogP contribution in [0, 0.1) is 18.8 Å². The van der Waals surface area contributed by atoms with Crippen molar-refractivity contribution in [2.24, 2.45) is 0 Å². The first-order chi connectivity index (χ1) is 44.0. The van der Waals surface area contributed by atoms with Gasteiger partial charge in [0.2, 0.25) is 0 Å². The van der Waals surface area contributed by atoms with Crippen molar-refractivity contribution >= 4 is 44.6 Å². The molecule has 3 heterocycles. The fraction of sp³-hybridized carbons (Fsp3) is 0.318. The molecule has 0 N–H and O–H groups in total. The molecule has 11 aromatic rings. The van der Waals surface area contributed by atoms with Crippen LogP contribution in [0.2, 0.25) is 0 Å². The standard InChI is InChI=1S/C88H91N4O.Pt/c1-82(2,3)59-47-58(48-60(49-59)83(4,5)6)66-37-27-36-65(57-31-22-19-23-32-57)81(66)91-55-90(72-38-24-25-39-73(72)91)61-33-26-34-62(50-61)93-63-41-42-67-75(51-63)92(74-40-28-35-64(77(67)74)56-29-20-18-21-30-56)76-53-69(84(7,8)9)68(54-89-76)78-79-70(85(10,11)43-45-87(79,14)15)52-71-80(78)88(16,17)46-44-86(71,12)13;/h18-42,47-49,52-55H,43-46H2,1-17H3;/q-3;. The van der Waals surface area contributed by atoms with E-state index in [1.165, 1.54) is 55.6 Å². The fourth-order valence-electron chi connectivity index (χ4n) is 15.5. The molecule has 5 nitrogen and oxygen atoms in total. The average molecular weight is 1420 g/mol. The van der Waals surface area contributed by atoms with E-state index in [0.29, 0.717) is 11.5 Å². The summed E-state index contributed by atoms with van der Waals surface area (Å²) in [6.07, 6.45) is 6.84. The van der Waals surface area contributed by atoms with Crippen LogP contribution in [-0.4, -0.2) is 9.55 Å². The van der Waals surface area contributed by atoms with Crippen molar-refractivity contribution in [3.05, 3.63) is 246 Å². The summed E-state index contributed by atoms with van der Waals surface area (Å²) in [4.78, 5) is 10.3. The Balaban J connectivity index is 0.00000803. The van der Waals surface area contributed by atoms with Crippen molar-refractivity contribution in [3.63, 3.8) is 0 Å². The number of fused-ring (bicyclic) bond motifs is 6. The Hall–Kier alpha value is -7.98. The van der Waals surface area contributed by atoms with Gasteiger partial charge in [0.05, 0.1) is 0 Å². The summed E-state index contributed by atoms with van der Waals surface area (Å²) in [7, 11) is 0. The normalized spacial score (nSPS) is 16.4. The molecule has 0 saturated heterocycles. The van der Waals surface area contributed by atoms with E-state index in [0.717, 1.165) is 104 Å². The molecule has 6 heteroatoms. The van der Waals surface area contributed by atoms with E-state index in [9.17, 15) is 0 Å². The predicted octanol–water partition coefficient (Wildman–Crippen LogP) is 24.2. The third-order valence-corrected chi connectivity index (χ3v) is 21.0. The van der Waals surface area contributed by atoms with Gasteiger partial charge in [-0.15, -0.1) is 48.1 Å². The van der Waals surface area contributed by atoms with Crippen LogP contribution in [0.3, 0.4) is 0 Å². The Morgan fingerprint density at radius 1 is 0.457 bits per heavy atom. The van der Waals surface area contributed by atoms with Gasteiger partial charge in [0.1, 0.15) is 5.82 Å². The van der Waals surface area contributed by atoms with Crippen molar-refractivity contribution in [2.45, 2.75) is 181 Å². The smallest absolute Gasteiger partial charge is 0.135 e. The van der Waals surface area contributed by atoms with Crippen LogP contribution in [-0.2, 0) is 59.0 Å². The first-order valence-corrected chi connectivity index (χ1v) is 33.9. The van der Waals surface area contributed by atoms with Gasteiger partial charge in [-0.2, -0.15) is 12.1 Å². The van der Waals surface area contributed by atoms with E-state index in [1.807, 2.05) is 6.07 Å². The second-order valence-electron chi connectivity index (χ2n) is 32.7. The zero-order valence-electron chi connectivity index (χ0n) is 58.3. The SMILES string of the molecule is CC(C)(C)c1cc(-c2cccc(-c3ccccc3)c2N2[CH-]N(c3[c-]c(Oc4[c-]c5c(cc4)c4c(-c6ccccc6)cccc4n5-c4cc(C(C)(C)C)c(-c5c6c(cc7c5C(C)(C)CCC7(C)C)C(C)(C)CCC6(C)C)cn4)ccc3)c3ccccc32)cc(C(C)(C)C)c1.[Pt]. The van der Waals surface area contributed by atoms with Gasteiger partial charge < -0.3 is 19.1 Å². The molecule has 0 spiro atoms. The first kappa shape index (κ1) is 64.7. The molecular weight excluding hydrogens is 1320 g/mol. The van der Waals surface area contributed by atoms with E-state index in [4.69, 9.17) is 9.72 Å². The monoisotopic (exact) mass is 1410 g/mol. The number of rotatable bonds is 9. The Morgan fingerprint density at radius 3 is 1.55 bits per heavy atom. The van der Waals surface area contributed by atoms with Crippen molar-refractivity contribution in [3.8, 4) is 61.8 Å². The van der Waals surface area contributed by atoms with Gasteiger partial charge in [0.25, 0.3) is 0 Å². The second kappa shape index (κ2) is 23.1. The van der Waals surface area contributed by atoms with E-state index >= 15 is 0 Å². The third-order valence-electron chi connectivity index (χ3n) is 21.0. The zero-order chi connectivity index (χ0) is 65.5. The molecule has 3 aliphatic rings. The molecule has 0 radical (unpaired) electrons. The molecule has 14 rings (SSSR count). The summed E-state index contributed by atoms with van der Waals surface area (Å²) >= 11 is 0. The number of hydrogen-bond donors (Lipinski definition) is 0. The minimum Gasteiger partial charge on any atom is -0.509 e. The van der Waals surface area contributed by atoms with Crippen molar-refractivity contribution in [2.75, 3.05) is 9.80 Å². The number of para-hydroxylation sites is 3. The summed E-state index contributed by atoms with van der Waals surface area (Å²) in [6, 6.07) is 74.2. The van der Waals surface area contributed by atoms with E-state index in [2.05, 4.69) is 333 Å². The van der Waals surface area contributed by atoms with Gasteiger partial charge in [0, 0.05) is 78.0 Å². The summed E-state index contributed by atoms with van der Waals surface area (Å²) in [5, 5.41) is 2.23. The largest absolute Gasteiger partial charge is 0.509 e. The number of aromatic nitrogens is 2. The van der Waals surface area contributed by atoms with Crippen LogP contribution in [0.4, 0.5) is 22.7 Å². The minimum atomic E-state index is -0.246. The van der Waals surface area contributed by atoms with Crippen molar-refractivity contribution in [1.29, 1.82) is 0 Å². The first-order valence-electron chi connectivity index (χ1n) is 33.9. The Morgan fingerprint density at radius 2 is 0.968 bits per heavy atom. The molecule has 0 bridgehead atoms. The van der Waals surface area contributed by atoms with Gasteiger partial charge in [-0.05, 0) is 160 Å². The maximum Gasteiger partial charge on any atom is 0.135 e. The number of benzene rings is 9. The zero-order valence-corrected chi connectivity index (χ0v) is 60.6. The number of nitrogens with zero attached hydrogens (tertiary/aromatic N) is 4. The van der Waals surface area contributed by atoms with Crippen molar-refractivity contribution in [1.82, 2.24) is 9.55 Å². The van der Waals surface area contributed by atoms with E-state index in [-0.39, 0.29) is 59.0 Å². The molecule has 0 fully saturated rings. The number of hydrogen-bond acceptors (Lipinski definition) is 4. The summed E-state index contributed by atoms with van der Waals surface area (Å²) in [6.45, 7) is 43.2. The maximum atomic E-state index is 7.05. The van der Waals surface area contributed by atoms with Crippen LogP contribution < -0.4 is 14.5 Å². The Kier molecular flexibility index (Phi) is 15.9. The second-order valence-corrected chi connectivity index (χ2v) is 32.7. The van der Waals surface area contributed by atoms with Crippen LogP contribution in [0.5, 0.6) is 11.5 Å². The summed E-state index contributed by atoms with van der Waals surface area (Å²) in [5.74, 6) is 2.03. The number of ether oxygens (including phenoxy) is 1. The summed E-state index contributed by atoms with van der Waals surface area (Å²) < 4.78 is 9.40. The van der Waals surface area contributed by atoms with Crippen LogP contribution in [0.15, 0.2) is 188 Å². The topological polar surface area (TPSA) is 33.5 Å². The molecular formula is C88H91N4OPt-3. The molecule has 1 aliphatic heterocycles. The van der Waals surface area contributed by atoms with Crippen molar-refractivity contribution < 1.29 is 25.8 Å². The van der Waals surface area contributed by atoms with Gasteiger partial charge in [-0.3, -0.25) is 0 Å². The molecule has 2 aromatic heterocycles. The Bertz CT molecular complexity index is 4670. The molecule has 0 unspecified atom stereocenters.